The molecule has 0 radical (unpaired) electrons. The van der Waals surface area contributed by atoms with Crippen LogP contribution in [0.2, 0.25) is 0 Å². The van der Waals surface area contributed by atoms with Crippen LogP contribution in [0, 0.1) is 0 Å². The minimum absolute atomic E-state index is 0.106. The summed E-state index contributed by atoms with van der Waals surface area (Å²) in [5.74, 6) is 0.0434. The molecule has 0 spiro atoms. The van der Waals surface area contributed by atoms with Gasteiger partial charge in [-0.3, -0.25) is 4.79 Å². The summed E-state index contributed by atoms with van der Waals surface area (Å²) < 4.78 is 43.1. The number of para-hydroxylation sites is 1. The van der Waals surface area contributed by atoms with Gasteiger partial charge in [0, 0.05) is 31.9 Å². The molecule has 2 heterocycles. The molecule has 0 bridgehead atoms. The number of carbonyl (C=O) groups excluding carboxylic acids is 1. The zero-order valence-corrected chi connectivity index (χ0v) is 17.0. The van der Waals surface area contributed by atoms with E-state index in [1.54, 1.807) is 6.08 Å². The molecule has 0 aliphatic heterocycles. The van der Waals surface area contributed by atoms with Gasteiger partial charge in [-0.25, -0.2) is 0 Å². The molecule has 0 unspecified atom stereocenters. The van der Waals surface area contributed by atoms with Crippen LogP contribution in [0.1, 0.15) is 17.1 Å². The highest BCUT2D eigenvalue weighted by molar-refractivity contribution is 7.99. The number of amides is 1. The van der Waals surface area contributed by atoms with Crippen molar-refractivity contribution in [1.82, 2.24) is 19.3 Å². The topological polar surface area (TPSA) is 64.7 Å². The Morgan fingerprint density at radius 1 is 1.23 bits per heavy atom. The molecule has 0 saturated carbocycles. The van der Waals surface area contributed by atoms with Crippen molar-refractivity contribution < 1.29 is 18.0 Å². The molecule has 0 saturated heterocycles. The van der Waals surface area contributed by atoms with Gasteiger partial charge >= 0.3 is 6.18 Å². The Bertz CT molecular complexity index is 1040. The van der Waals surface area contributed by atoms with Crippen LogP contribution in [-0.2, 0) is 31.0 Å². The molecule has 1 N–H and O–H groups in total. The smallest absolute Gasteiger partial charge is 0.354 e. The standard InChI is InChI=1S/C20H20F3N5OS/c1-3-10-28-17(12-14-7-6-11-27(14)2)25-26-19(28)30-13-18(29)24-16-9-5-4-8-15(16)20(21,22)23/h3-9,11H,1,10,12-13H2,2H3,(H,24,29). The summed E-state index contributed by atoms with van der Waals surface area (Å²) in [4.78, 5) is 12.3. The molecule has 3 rings (SSSR count). The average Bonchev–Trinajstić information content (AvgIpc) is 3.27. The van der Waals surface area contributed by atoms with Crippen LogP contribution < -0.4 is 5.32 Å². The summed E-state index contributed by atoms with van der Waals surface area (Å²) in [5, 5.41) is 11.2. The average molecular weight is 435 g/mol. The summed E-state index contributed by atoms with van der Waals surface area (Å²) in [7, 11) is 1.93. The molecular weight excluding hydrogens is 415 g/mol. The van der Waals surface area contributed by atoms with Gasteiger partial charge in [0.15, 0.2) is 5.16 Å². The largest absolute Gasteiger partial charge is 0.418 e. The molecule has 0 aliphatic rings. The van der Waals surface area contributed by atoms with E-state index in [-0.39, 0.29) is 11.4 Å². The molecule has 1 amide bonds. The van der Waals surface area contributed by atoms with Crippen LogP contribution in [0.4, 0.5) is 18.9 Å². The molecule has 1 aromatic carbocycles. The Balaban J connectivity index is 1.69. The number of alkyl halides is 3. The number of hydrogen-bond donors (Lipinski definition) is 1. The molecule has 3 aromatic rings. The van der Waals surface area contributed by atoms with E-state index in [0.29, 0.717) is 23.9 Å². The Hall–Kier alpha value is -3.01. The van der Waals surface area contributed by atoms with E-state index >= 15 is 0 Å². The van der Waals surface area contributed by atoms with Crippen molar-refractivity contribution in [3.63, 3.8) is 0 Å². The van der Waals surface area contributed by atoms with Crippen LogP contribution in [-0.4, -0.2) is 31.0 Å². The van der Waals surface area contributed by atoms with Gasteiger partial charge in [-0.05, 0) is 24.3 Å². The van der Waals surface area contributed by atoms with Gasteiger partial charge < -0.3 is 14.5 Å². The van der Waals surface area contributed by atoms with Crippen LogP contribution in [0.3, 0.4) is 0 Å². The zero-order valence-electron chi connectivity index (χ0n) is 16.2. The number of hydrogen-bond acceptors (Lipinski definition) is 4. The third-order valence-corrected chi connectivity index (χ3v) is 5.30. The molecule has 30 heavy (non-hydrogen) atoms. The Morgan fingerprint density at radius 2 is 2.00 bits per heavy atom. The predicted octanol–water partition coefficient (Wildman–Crippen LogP) is 4.14. The monoisotopic (exact) mass is 435 g/mol. The van der Waals surface area contributed by atoms with Gasteiger partial charge in [0.1, 0.15) is 5.82 Å². The van der Waals surface area contributed by atoms with Gasteiger partial charge in [0.25, 0.3) is 0 Å². The normalized spacial score (nSPS) is 11.5. The number of aryl methyl sites for hydroxylation is 1. The van der Waals surface area contributed by atoms with E-state index in [4.69, 9.17) is 0 Å². The third kappa shape index (κ3) is 5.12. The van der Waals surface area contributed by atoms with Gasteiger partial charge in [0.05, 0.1) is 17.0 Å². The second-order valence-electron chi connectivity index (χ2n) is 6.47. The van der Waals surface area contributed by atoms with Crippen LogP contribution in [0.25, 0.3) is 0 Å². The Labute approximate surface area is 175 Å². The first-order chi connectivity index (χ1) is 14.3. The van der Waals surface area contributed by atoms with Crippen LogP contribution in [0.5, 0.6) is 0 Å². The van der Waals surface area contributed by atoms with E-state index in [9.17, 15) is 18.0 Å². The summed E-state index contributed by atoms with van der Waals surface area (Å²) in [5.41, 5.74) is -0.110. The maximum Gasteiger partial charge on any atom is 0.418 e. The first-order valence-corrected chi connectivity index (χ1v) is 10.00. The minimum Gasteiger partial charge on any atom is -0.354 e. The van der Waals surface area contributed by atoms with Gasteiger partial charge in [0.2, 0.25) is 5.91 Å². The van der Waals surface area contributed by atoms with Crippen molar-refractivity contribution in [3.8, 4) is 0 Å². The third-order valence-electron chi connectivity index (χ3n) is 4.33. The van der Waals surface area contributed by atoms with E-state index in [2.05, 4.69) is 22.1 Å². The minimum atomic E-state index is -4.55. The quantitative estimate of drug-likeness (QED) is 0.427. The number of anilines is 1. The Morgan fingerprint density at radius 3 is 2.67 bits per heavy atom. The summed E-state index contributed by atoms with van der Waals surface area (Å²) in [6, 6.07) is 8.78. The fourth-order valence-corrected chi connectivity index (χ4v) is 3.63. The van der Waals surface area contributed by atoms with E-state index in [0.717, 1.165) is 23.5 Å². The number of nitrogens with zero attached hydrogens (tertiary/aromatic N) is 4. The molecule has 2 aromatic heterocycles. The second kappa shape index (κ2) is 9.21. The highest BCUT2D eigenvalue weighted by Gasteiger charge is 2.33. The lowest BCUT2D eigenvalue weighted by Crippen LogP contribution is -2.18. The first-order valence-electron chi connectivity index (χ1n) is 9.01. The maximum atomic E-state index is 13.1. The molecular formula is C20H20F3N5OS. The van der Waals surface area contributed by atoms with Crippen molar-refractivity contribution in [2.45, 2.75) is 24.3 Å². The molecule has 0 fully saturated rings. The van der Waals surface area contributed by atoms with E-state index < -0.39 is 17.6 Å². The van der Waals surface area contributed by atoms with Crippen LogP contribution >= 0.6 is 11.8 Å². The lowest BCUT2D eigenvalue weighted by atomic mass is 10.1. The van der Waals surface area contributed by atoms with Gasteiger partial charge in [-0.2, -0.15) is 13.2 Å². The van der Waals surface area contributed by atoms with Crippen molar-refractivity contribution in [2.75, 3.05) is 11.1 Å². The van der Waals surface area contributed by atoms with Crippen molar-refractivity contribution in [3.05, 3.63) is 72.3 Å². The number of carbonyl (C=O) groups is 1. The lowest BCUT2D eigenvalue weighted by Gasteiger charge is -2.13. The predicted molar refractivity (Wildman–Crippen MR) is 109 cm³/mol. The second-order valence-corrected chi connectivity index (χ2v) is 7.41. The molecule has 10 heteroatoms. The van der Waals surface area contributed by atoms with E-state index in [1.165, 1.54) is 18.2 Å². The number of nitrogens with one attached hydrogen (secondary N) is 1. The van der Waals surface area contributed by atoms with Crippen molar-refractivity contribution in [1.29, 1.82) is 0 Å². The number of allylic oxidation sites excluding steroid dienone is 1. The van der Waals surface area contributed by atoms with Gasteiger partial charge in [-0.1, -0.05) is 30.0 Å². The number of halogens is 3. The number of thioether (sulfide) groups is 1. The zero-order chi connectivity index (χ0) is 21.7. The molecule has 6 nitrogen and oxygen atoms in total. The Kier molecular flexibility index (Phi) is 6.66. The number of benzene rings is 1. The first kappa shape index (κ1) is 21.7. The fraction of sp³-hybridized carbons (Fsp3) is 0.250. The summed E-state index contributed by atoms with van der Waals surface area (Å²) in [6.45, 7) is 4.19. The fourth-order valence-electron chi connectivity index (χ4n) is 2.87. The summed E-state index contributed by atoms with van der Waals surface area (Å²) >= 11 is 1.11. The molecule has 0 atom stereocenters. The SMILES string of the molecule is C=CCn1c(Cc2cccn2C)nnc1SCC(=O)Nc1ccccc1C(F)(F)F. The van der Waals surface area contributed by atoms with Gasteiger partial charge in [-0.15, -0.1) is 16.8 Å². The van der Waals surface area contributed by atoms with Crippen molar-refractivity contribution in [2.24, 2.45) is 7.05 Å². The maximum absolute atomic E-state index is 13.1. The van der Waals surface area contributed by atoms with E-state index in [1.807, 2.05) is 34.5 Å². The highest BCUT2D eigenvalue weighted by Crippen LogP contribution is 2.34. The number of aromatic nitrogens is 4. The highest BCUT2D eigenvalue weighted by atomic mass is 32.2. The number of rotatable bonds is 8. The molecule has 0 aliphatic carbocycles. The lowest BCUT2D eigenvalue weighted by molar-refractivity contribution is -0.137. The molecule has 158 valence electrons. The van der Waals surface area contributed by atoms with Crippen LogP contribution in [0.15, 0.2) is 60.4 Å². The summed E-state index contributed by atoms with van der Waals surface area (Å²) in [6.07, 6.45) is -0.368. The van der Waals surface area contributed by atoms with Crippen molar-refractivity contribution >= 4 is 23.4 Å².